The third-order valence-corrected chi connectivity index (χ3v) is 14.3. The van der Waals surface area contributed by atoms with E-state index in [1.807, 2.05) is 28.7 Å². The number of furan rings is 1. The van der Waals surface area contributed by atoms with Crippen LogP contribution in [0, 0.1) is 6.92 Å². The molecule has 14 rings (SSSR count). The predicted octanol–water partition coefficient (Wildman–Crippen LogP) is 14.2. The van der Waals surface area contributed by atoms with Crippen LogP contribution in [0.4, 0.5) is 0 Å². The van der Waals surface area contributed by atoms with Crippen molar-refractivity contribution in [3.8, 4) is 16.9 Å². The molecule has 0 bridgehead atoms. The largest absolute Gasteiger partial charge is 0.455 e. The molecular weight excluding hydrogens is 699 g/mol. The quantitative estimate of drug-likeness (QED) is 0.178. The summed E-state index contributed by atoms with van der Waals surface area (Å²) in [4.78, 5) is 5.71. The fourth-order valence-corrected chi connectivity index (χ4v) is 12.2. The van der Waals surface area contributed by atoms with Gasteiger partial charge in [0.1, 0.15) is 17.0 Å². The van der Waals surface area contributed by atoms with Crippen LogP contribution >= 0.6 is 22.7 Å². The van der Waals surface area contributed by atoms with Gasteiger partial charge in [0, 0.05) is 79.3 Å². The molecule has 0 fully saturated rings. The first-order chi connectivity index (χ1) is 26.7. The highest BCUT2D eigenvalue weighted by molar-refractivity contribution is 7.26. The number of rotatable bonds is 2. The zero-order valence-corrected chi connectivity index (χ0v) is 30.4. The normalized spacial score (nSPS) is 12.9. The second-order valence-corrected chi connectivity index (χ2v) is 16.8. The van der Waals surface area contributed by atoms with E-state index in [-0.39, 0.29) is 0 Å². The van der Waals surface area contributed by atoms with Gasteiger partial charge in [0.25, 0.3) is 0 Å². The topological polar surface area (TPSA) is 35.4 Å². The van der Waals surface area contributed by atoms with E-state index in [1.165, 1.54) is 84.1 Å². The third-order valence-electron chi connectivity index (χ3n) is 12.0. The Hall–Kier alpha value is -6.47. The minimum absolute atomic E-state index is 0.905. The van der Waals surface area contributed by atoms with Gasteiger partial charge in [-0.2, -0.15) is 0 Å². The van der Waals surface area contributed by atoms with E-state index < -0.39 is 0 Å². The zero-order chi connectivity index (χ0) is 35.0. The van der Waals surface area contributed by atoms with Crippen LogP contribution in [-0.4, -0.2) is 14.0 Å². The number of thiophene rings is 2. The minimum atomic E-state index is 0.905. The summed E-state index contributed by atoms with van der Waals surface area (Å²) in [6, 6.07) is 48.7. The van der Waals surface area contributed by atoms with E-state index in [9.17, 15) is 0 Å². The SMILES string of the molecule is Cc1c(-n2c3ccc4sc5ccc6c7ccccc7n7c8cccc2c8c3c4c5c67)nc2c(sc3ccccc32)c1-c1cccc2c1oc1ccccc12. The van der Waals surface area contributed by atoms with E-state index >= 15 is 0 Å². The van der Waals surface area contributed by atoms with Gasteiger partial charge in [-0.3, -0.25) is 4.57 Å². The molecule has 7 aromatic carbocycles. The summed E-state index contributed by atoms with van der Waals surface area (Å²) < 4.78 is 16.8. The van der Waals surface area contributed by atoms with Crippen molar-refractivity contribution in [2.24, 2.45) is 0 Å². The van der Waals surface area contributed by atoms with Gasteiger partial charge in [-0.05, 0) is 55.5 Å². The van der Waals surface area contributed by atoms with Gasteiger partial charge in [0.15, 0.2) is 0 Å². The van der Waals surface area contributed by atoms with Gasteiger partial charge in [0.05, 0.1) is 37.8 Å². The van der Waals surface area contributed by atoms with E-state index in [1.54, 1.807) is 0 Å². The van der Waals surface area contributed by atoms with Crippen molar-refractivity contribution in [2.75, 3.05) is 0 Å². The fourth-order valence-electron chi connectivity index (χ4n) is 9.86. The lowest BCUT2D eigenvalue weighted by Gasteiger charge is -2.16. The average Bonchev–Trinajstić information content (AvgIpc) is 4.00. The second kappa shape index (κ2) is 9.54. The molecule has 0 aliphatic carbocycles. The maximum absolute atomic E-state index is 6.72. The number of hydrogen-bond acceptors (Lipinski definition) is 4. The highest BCUT2D eigenvalue weighted by Crippen LogP contribution is 2.51. The van der Waals surface area contributed by atoms with Crippen LogP contribution in [0.3, 0.4) is 0 Å². The summed E-state index contributed by atoms with van der Waals surface area (Å²) in [7, 11) is 0. The molecule has 6 heteroatoms. The van der Waals surface area contributed by atoms with Crippen LogP contribution in [-0.2, 0) is 0 Å². The van der Waals surface area contributed by atoms with Crippen molar-refractivity contribution < 1.29 is 4.42 Å². The third kappa shape index (κ3) is 3.18. The van der Waals surface area contributed by atoms with Gasteiger partial charge in [-0.25, -0.2) is 4.98 Å². The van der Waals surface area contributed by atoms with Gasteiger partial charge < -0.3 is 8.82 Å². The molecule has 7 aromatic heterocycles. The molecule has 14 aromatic rings. The Balaban J connectivity index is 1.21. The summed E-state index contributed by atoms with van der Waals surface area (Å²) in [6.07, 6.45) is 0. The minimum Gasteiger partial charge on any atom is -0.455 e. The lowest BCUT2D eigenvalue weighted by molar-refractivity contribution is 0.670. The van der Waals surface area contributed by atoms with Gasteiger partial charge >= 0.3 is 0 Å². The molecule has 250 valence electrons. The fraction of sp³-hybridized carbons (Fsp3) is 0.0208. The monoisotopic (exact) mass is 723 g/mol. The number of pyridine rings is 1. The molecule has 0 unspecified atom stereocenters. The first-order valence-electron chi connectivity index (χ1n) is 18.3. The Bertz CT molecular complexity index is 3930. The molecular formula is C48H25N3OS2. The summed E-state index contributed by atoms with van der Waals surface area (Å²) in [6.45, 7) is 2.26. The van der Waals surface area contributed by atoms with Crippen molar-refractivity contribution in [2.45, 2.75) is 6.92 Å². The van der Waals surface area contributed by atoms with Crippen LogP contribution in [0.5, 0.6) is 0 Å². The number of hydrogen-bond donors (Lipinski definition) is 0. The average molecular weight is 724 g/mol. The Morgan fingerprint density at radius 2 is 1.24 bits per heavy atom. The second-order valence-electron chi connectivity index (χ2n) is 14.6. The molecule has 4 nitrogen and oxygen atoms in total. The zero-order valence-electron chi connectivity index (χ0n) is 28.8. The lowest BCUT2D eigenvalue weighted by Crippen LogP contribution is -2.03. The van der Waals surface area contributed by atoms with Crippen LogP contribution in [0.25, 0.3) is 128 Å². The molecule has 0 radical (unpaired) electrons. The lowest BCUT2D eigenvalue weighted by atomic mass is 9.98. The van der Waals surface area contributed by atoms with Crippen molar-refractivity contribution in [3.05, 3.63) is 139 Å². The number of aromatic nitrogens is 3. The maximum atomic E-state index is 6.72. The Morgan fingerprint density at radius 1 is 0.519 bits per heavy atom. The summed E-state index contributed by atoms with van der Waals surface area (Å²) >= 11 is 3.72. The standard InChI is InChI=1S/C48H25N3OS2/c1-24-39(30-14-8-13-28-26-11-3-6-18-35(26)52-46(28)30)47-44(29-12-4-7-19-36(29)54-47)49-48(24)51-33-17-9-16-32-40(33)41-34(51)21-23-37-42(41)43-38(53-37)22-20-27-25-10-2-5-15-31(25)50(32)45(27)43/h2-23H,1H3. The number of nitrogens with zero attached hydrogens (tertiary/aromatic N) is 3. The van der Waals surface area contributed by atoms with Crippen molar-refractivity contribution in [1.82, 2.24) is 14.0 Å². The first-order valence-corrected chi connectivity index (χ1v) is 19.9. The first kappa shape index (κ1) is 28.1. The summed E-state index contributed by atoms with van der Waals surface area (Å²) in [5, 5.41) is 11.3. The molecule has 0 spiro atoms. The van der Waals surface area contributed by atoms with E-state index in [0.29, 0.717) is 0 Å². The van der Waals surface area contributed by atoms with Crippen LogP contribution in [0.1, 0.15) is 5.56 Å². The number of para-hydroxylation sites is 3. The summed E-state index contributed by atoms with van der Waals surface area (Å²) in [5.74, 6) is 0.952. The Kier molecular flexibility index (Phi) is 4.96. The smallest absolute Gasteiger partial charge is 0.143 e. The van der Waals surface area contributed by atoms with E-state index in [4.69, 9.17) is 9.40 Å². The van der Waals surface area contributed by atoms with Crippen LogP contribution < -0.4 is 0 Å². The van der Waals surface area contributed by atoms with Crippen molar-refractivity contribution >= 4 is 134 Å². The Labute approximate surface area is 314 Å². The number of benzene rings is 7. The van der Waals surface area contributed by atoms with Crippen molar-refractivity contribution in [3.63, 3.8) is 0 Å². The maximum Gasteiger partial charge on any atom is 0.143 e. The highest BCUT2D eigenvalue weighted by atomic mass is 32.1. The Morgan fingerprint density at radius 3 is 2.19 bits per heavy atom. The number of fused-ring (bicyclic) bond motifs is 10. The van der Waals surface area contributed by atoms with Crippen LogP contribution in [0.15, 0.2) is 138 Å². The molecule has 54 heavy (non-hydrogen) atoms. The molecule has 0 aliphatic rings. The van der Waals surface area contributed by atoms with Gasteiger partial charge in [-0.1, -0.05) is 84.9 Å². The van der Waals surface area contributed by atoms with E-state index in [2.05, 4.69) is 143 Å². The molecule has 7 heterocycles. The molecule has 0 amide bonds. The molecule has 0 saturated heterocycles. The van der Waals surface area contributed by atoms with E-state index in [0.717, 1.165) is 49.9 Å². The van der Waals surface area contributed by atoms with Crippen molar-refractivity contribution in [1.29, 1.82) is 0 Å². The summed E-state index contributed by atoms with van der Waals surface area (Å²) in [5.41, 5.74) is 12.4. The van der Waals surface area contributed by atoms with Gasteiger partial charge in [0.2, 0.25) is 0 Å². The molecule has 0 saturated carbocycles. The van der Waals surface area contributed by atoms with Crippen LogP contribution in [0.2, 0.25) is 0 Å². The molecule has 0 N–H and O–H groups in total. The molecule has 0 aliphatic heterocycles. The molecule has 0 atom stereocenters. The highest BCUT2D eigenvalue weighted by Gasteiger charge is 2.28. The predicted molar refractivity (Wildman–Crippen MR) is 230 cm³/mol. The van der Waals surface area contributed by atoms with Gasteiger partial charge in [-0.15, -0.1) is 22.7 Å².